The van der Waals surface area contributed by atoms with Crippen LogP contribution in [0, 0.1) is 5.92 Å². The van der Waals surface area contributed by atoms with Crippen LogP contribution < -0.4 is 4.90 Å². The molecule has 0 aromatic carbocycles. The van der Waals surface area contributed by atoms with Gasteiger partial charge in [0, 0.05) is 24.5 Å². The number of carbonyl (C=O) groups is 2. The molecule has 1 fully saturated rings. The summed E-state index contributed by atoms with van der Waals surface area (Å²) in [5.41, 5.74) is 1.49. The van der Waals surface area contributed by atoms with Crippen LogP contribution in [0.15, 0.2) is 24.5 Å². The van der Waals surface area contributed by atoms with Gasteiger partial charge in [-0.05, 0) is 12.1 Å². The van der Waals surface area contributed by atoms with E-state index in [4.69, 9.17) is 0 Å². The van der Waals surface area contributed by atoms with Gasteiger partial charge >= 0.3 is 5.97 Å². The predicted molar refractivity (Wildman–Crippen MR) is 68.6 cm³/mol. The summed E-state index contributed by atoms with van der Waals surface area (Å²) in [6.07, 6.45) is 3.62. The third kappa shape index (κ3) is 1.95. The van der Waals surface area contributed by atoms with E-state index >= 15 is 0 Å². The zero-order chi connectivity index (χ0) is 13.4. The van der Waals surface area contributed by atoms with Crippen LogP contribution in [0.4, 0.5) is 5.69 Å². The molecule has 6 heteroatoms. The number of pyridine rings is 1. The lowest BCUT2D eigenvalue weighted by molar-refractivity contribution is -0.145. The maximum Gasteiger partial charge on any atom is 0.311 e. The minimum atomic E-state index is -0.389. The van der Waals surface area contributed by atoms with Gasteiger partial charge in [0.1, 0.15) is 5.65 Å². The monoisotopic (exact) mass is 259 g/mol. The summed E-state index contributed by atoms with van der Waals surface area (Å²) >= 11 is 0. The van der Waals surface area contributed by atoms with Gasteiger partial charge < -0.3 is 14.6 Å². The number of hydrogen-bond acceptors (Lipinski definition) is 4. The normalized spacial score (nSPS) is 19.1. The van der Waals surface area contributed by atoms with Gasteiger partial charge in [-0.25, -0.2) is 4.98 Å². The van der Waals surface area contributed by atoms with E-state index in [1.165, 1.54) is 7.11 Å². The van der Waals surface area contributed by atoms with Crippen molar-refractivity contribution in [3.05, 3.63) is 24.5 Å². The molecule has 1 atom stereocenters. The molecular formula is C13H13N3O3. The van der Waals surface area contributed by atoms with Gasteiger partial charge in [-0.3, -0.25) is 9.59 Å². The molecule has 1 aliphatic rings. The molecular weight excluding hydrogens is 246 g/mol. The fourth-order valence-electron chi connectivity index (χ4n) is 2.36. The second-order valence-electron chi connectivity index (χ2n) is 4.54. The number of aromatic amines is 1. The Balaban J connectivity index is 1.89. The van der Waals surface area contributed by atoms with Gasteiger partial charge in [-0.15, -0.1) is 0 Å². The molecule has 19 heavy (non-hydrogen) atoms. The molecule has 1 aliphatic heterocycles. The Bertz CT molecular complexity index is 649. The summed E-state index contributed by atoms with van der Waals surface area (Å²) in [5.74, 6) is -0.807. The van der Waals surface area contributed by atoms with E-state index < -0.39 is 0 Å². The Morgan fingerprint density at radius 3 is 3.21 bits per heavy atom. The predicted octanol–water partition coefficient (Wildman–Crippen LogP) is 1.09. The van der Waals surface area contributed by atoms with Crippen LogP contribution in [0.25, 0.3) is 11.0 Å². The lowest BCUT2D eigenvalue weighted by atomic mass is 10.1. The van der Waals surface area contributed by atoms with Crippen LogP contribution in [-0.2, 0) is 14.3 Å². The summed E-state index contributed by atoms with van der Waals surface area (Å²) in [6, 6.07) is 3.78. The fourth-order valence-corrected chi connectivity index (χ4v) is 2.36. The number of esters is 1. The number of H-pyrrole nitrogens is 1. The van der Waals surface area contributed by atoms with E-state index in [1.807, 2.05) is 12.1 Å². The molecule has 3 heterocycles. The number of rotatable bonds is 2. The van der Waals surface area contributed by atoms with Crippen molar-refractivity contribution in [2.24, 2.45) is 5.92 Å². The molecule has 3 rings (SSSR count). The second kappa shape index (κ2) is 4.38. The molecule has 0 aliphatic carbocycles. The topological polar surface area (TPSA) is 75.3 Å². The highest BCUT2D eigenvalue weighted by Crippen LogP contribution is 2.27. The Labute approximate surface area is 109 Å². The number of anilines is 1. The van der Waals surface area contributed by atoms with Crippen LogP contribution in [0.2, 0.25) is 0 Å². The van der Waals surface area contributed by atoms with Gasteiger partial charge in [-0.2, -0.15) is 0 Å². The van der Waals surface area contributed by atoms with Crippen LogP contribution >= 0.6 is 0 Å². The minimum Gasteiger partial charge on any atom is -0.469 e. The summed E-state index contributed by atoms with van der Waals surface area (Å²) in [7, 11) is 1.34. The SMILES string of the molecule is COC(=O)C1CC(=O)N(c2cnc3[nH]ccc3c2)C1. The number of amides is 1. The van der Waals surface area contributed by atoms with Crippen LogP contribution in [0.1, 0.15) is 6.42 Å². The highest BCUT2D eigenvalue weighted by molar-refractivity contribution is 6.00. The van der Waals surface area contributed by atoms with Crippen molar-refractivity contribution in [2.75, 3.05) is 18.6 Å². The van der Waals surface area contributed by atoms with Crippen molar-refractivity contribution in [3.8, 4) is 0 Å². The number of methoxy groups -OCH3 is 1. The lowest BCUT2D eigenvalue weighted by Gasteiger charge is -2.15. The number of nitrogens with zero attached hydrogens (tertiary/aromatic N) is 2. The number of carbonyl (C=O) groups excluding carboxylic acids is 2. The highest BCUT2D eigenvalue weighted by Gasteiger charge is 2.35. The first-order chi connectivity index (χ1) is 9.19. The molecule has 0 radical (unpaired) electrons. The van der Waals surface area contributed by atoms with E-state index in [0.717, 1.165) is 11.0 Å². The van der Waals surface area contributed by atoms with Gasteiger partial charge in [0.2, 0.25) is 5.91 Å². The number of ether oxygens (including phenoxy) is 1. The van der Waals surface area contributed by atoms with Crippen LogP contribution in [0.3, 0.4) is 0 Å². The molecule has 1 N–H and O–H groups in total. The largest absolute Gasteiger partial charge is 0.469 e. The van der Waals surface area contributed by atoms with Crippen molar-refractivity contribution in [1.82, 2.24) is 9.97 Å². The van der Waals surface area contributed by atoms with Crippen molar-refractivity contribution in [3.63, 3.8) is 0 Å². The molecule has 98 valence electrons. The van der Waals surface area contributed by atoms with Gasteiger partial charge in [0.05, 0.1) is 24.9 Å². The van der Waals surface area contributed by atoms with E-state index in [0.29, 0.717) is 12.2 Å². The molecule has 6 nitrogen and oxygen atoms in total. The van der Waals surface area contributed by atoms with Crippen molar-refractivity contribution >= 4 is 28.6 Å². The molecule has 0 bridgehead atoms. The first kappa shape index (κ1) is 11.7. The summed E-state index contributed by atoms with van der Waals surface area (Å²) < 4.78 is 4.69. The van der Waals surface area contributed by atoms with E-state index in [1.54, 1.807) is 17.3 Å². The average Bonchev–Trinajstić information content (AvgIpc) is 3.03. The number of nitrogens with one attached hydrogen (secondary N) is 1. The van der Waals surface area contributed by atoms with Crippen molar-refractivity contribution in [2.45, 2.75) is 6.42 Å². The molecule has 1 unspecified atom stereocenters. The van der Waals surface area contributed by atoms with Crippen LogP contribution in [-0.4, -0.2) is 35.5 Å². The summed E-state index contributed by atoms with van der Waals surface area (Å²) in [6.45, 7) is 0.350. The van der Waals surface area contributed by atoms with E-state index in [2.05, 4.69) is 14.7 Å². The molecule has 1 amide bonds. The first-order valence-electron chi connectivity index (χ1n) is 6.00. The zero-order valence-electron chi connectivity index (χ0n) is 10.4. The van der Waals surface area contributed by atoms with Crippen LogP contribution in [0.5, 0.6) is 0 Å². The maximum absolute atomic E-state index is 12.0. The molecule has 1 saturated heterocycles. The summed E-state index contributed by atoms with van der Waals surface area (Å²) in [4.78, 5) is 32.3. The van der Waals surface area contributed by atoms with Crippen molar-refractivity contribution < 1.29 is 14.3 Å². The molecule has 0 spiro atoms. The number of hydrogen-bond donors (Lipinski definition) is 1. The third-order valence-electron chi connectivity index (χ3n) is 3.36. The smallest absolute Gasteiger partial charge is 0.311 e. The van der Waals surface area contributed by atoms with E-state index in [-0.39, 0.29) is 24.2 Å². The zero-order valence-corrected chi connectivity index (χ0v) is 10.4. The second-order valence-corrected chi connectivity index (χ2v) is 4.54. The third-order valence-corrected chi connectivity index (χ3v) is 3.36. The highest BCUT2D eigenvalue weighted by atomic mass is 16.5. The standard InChI is InChI=1S/C13H13N3O3/c1-19-13(18)9-5-11(17)16(7-9)10-4-8-2-3-14-12(8)15-6-10/h2-4,6,9H,5,7H2,1H3,(H,14,15). The fraction of sp³-hybridized carbons (Fsp3) is 0.308. The van der Waals surface area contributed by atoms with Gasteiger partial charge in [0.15, 0.2) is 0 Å². The Morgan fingerprint density at radius 1 is 1.58 bits per heavy atom. The Morgan fingerprint density at radius 2 is 2.42 bits per heavy atom. The maximum atomic E-state index is 12.0. The van der Waals surface area contributed by atoms with Crippen molar-refractivity contribution in [1.29, 1.82) is 0 Å². The lowest BCUT2D eigenvalue weighted by Crippen LogP contribution is -2.26. The quantitative estimate of drug-likeness (QED) is 0.819. The number of fused-ring (bicyclic) bond motifs is 1. The number of aromatic nitrogens is 2. The van der Waals surface area contributed by atoms with Gasteiger partial charge in [-0.1, -0.05) is 0 Å². The van der Waals surface area contributed by atoms with E-state index in [9.17, 15) is 9.59 Å². The van der Waals surface area contributed by atoms with Gasteiger partial charge in [0.25, 0.3) is 0 Å². The average molecular weight is 259 g/mol. The molecule has 2 aromatic heterocycles. The molecule has 2 aromatic rings. The molecule has 0 saturated carbocycles. The minimum absolute atomic E-state index is 0.0768. The summed E-state index contributed by atoms with van der Waals surface area (Å²) in [5, 5.41) is 0.937. The Hall–Kier alpha value is -2.37. The first-order valence-corrected chi connectivity index (χ1v) is 6.00. The Kier molecular flexibility index (Phi) is 2.70.